The lowest BCUT2D eigenvalue weighted by Gasteiger charge is -2.28. The zero-order valence-corrected chi connectivity index (χ0v) is 18.9. The Balaban J connectivity index is 1.33. The highest BCUT2D eigenvalue weighted by Gasteiger charge is 2.43. The Morgan fingerprint density at radius 1 is 1.12 bits per heavy atom. The minimum absolute atomic E-state index is 0.0998. The molecule has 6 heteroatoms. The first-order valence-electron chi connectivity index (χ1n) is 11.9. The molecule has 0 aliphatic heterocycles. The van der Waals surface area contributed by atoms with Crippen molar-refractivity contribution in [3.05, 3.63) is 53.6 Å². The minimum atomic E-state index is -0.972. The minimum Gasteiger partial charge on any atom is -0.489 e. The van der Waals surface area contributed by atoms with E-state index in [9.17, 15) is 15.2 Å². The van der Waals surface area contributed by atoms with Gasteiger partial charge < -0.3 is 20.3 Å². The number of β-amino-alcohol motifs (C(OH)–C–C–N with tert-alkyl or cyclic N) is 1. The number of rotatable bonds is 10. The molecule has 174 valence electrons. The van der Waals surface area contributed by atoms with Crippen molar-refractivity contribution in [2.24, 2.45) is 5.92 Å². The number of nitrogens with zero attached hydrogens (tertiary/aromatic N) is 1. The summed E-state index contributed by atoms with van der Waals surface area (Å²) in [4.78, 5) is 11.1. The summed E-state index contributed by atoms with van der Waals surface area (Å²) in [6.45, 7) is 0.577. The lowest BCUT2D eigenvalue weighted by Crippen LogP contribution is -2.40. The van der Waals surface area contributed by atoms with Crippen LogP contribution in [0.3, 0.4) is 0 Å². The van der Waals surface area contributed by atoms with Crippen molar-refractivity contribution >= 4 is 5.97 Å². The Morgan fingerprint density at radius 3 is 2.45 bits per heavy atom. The molecule has 0 amide bonds. The molecule has 1 atom stereocenters. The highest BCUT2D eigenvalue weighted by molar-refractivity contribution is 5.88. The van der Waals surface area contributed by atoms with Crippen LogP contribution < -0.4 is 10.1 Å². The number of nitriles is 1. The highest BCUT2D eigenvalue weighted by Crippen LogP contribution is 2.44. The maximum Gasteiger partial charge on any atom is 0.335 e. The van der Waals surface area contributed by atoms with Crippen molar-refractivity contribution < 1.29 is 19.7 Å². The molecule has 2 aromatic carbocycles. The van der Waals surface area contributed by atoms with E-state index in [0.717, 1.165) is 17.0 Å². The molecule has 2 aliphatic carbocycles. The van der Waals surface area contributed by atoms with Crippen LogP contribution in [0.15, 0.2) is 42.5 Å². The first kappa shape index (κ1) is 23.3. The topological polar surface area (TPSA) is 103 Å². The average Bonchev–Trinajstić information content (AvgIpc) is 3.61. The number of carboxylic acid groups (broad SMARTS) is 1. The number of ether oxygens (including phenoxy) is 1. The number of aliphatic hydroxyl groups is 1. The van der Waals surface area contributed by atoms with Crippen LogP contribution in [0, 0.1) is 17.2 Å². The quantitative estimate of drug-likeness (QED) is 0.484. The van der Waals surface area contributed by atoms with Crippen molar-refractivity contribution in [1.82, 2.24) is 5.32 Å². The van der Waals surface area contributed by atoms with Gasteiger partial charge in [-0.25, -0.2) is 4.79 Å². The largest absolute Gasteiger partial charge is 0.489 e. The van der Waals surface area contributed by atoms with E-state index in [4.69, 9.17) is 9.84 Å². The summed E-state index contributed by atoms with van der Waals surface area (Å²) in [6, 6.07) is 13.9. The second-order valence-corrected chi connectivity index (χ2v) is 9.54. The van der Waals surface area contributed by atoms with Crippen molar-refractivity contribution in [3.8, 4) is 22.9 Å². The van der Waals surface area contributed by atoms with Gasteiger partial charge in [-0.15, -0.1) is 0 Å². The third-order valence-electron chi connectivity index (χ3n) is 6.97. The first-order chi connectivity index (χ1) is 16.0. The van der Waals surface area contributed by atoms with E-state index in [1.165, 1.54) is 51.4 Å². The molecule has 2 fully saturated rings. The van der Waals surface area contributed by atoms with Crippen LogP contribution in [0.2, 0.25) is 0 Å². The standard InChI is InChI=1S/C27H32N2O4/c28-16-23-11-10-22(20-6-8-21(9-7-20)26(31)32)14-25(23)33-18-24(30)17-29-27(12-13-27)15-19-4-2-1-3-5-19/h6-11,14,19,24,29-30H,1-5,12-13,15,17-18H2,(H,31,32)/t24-/m0/s1. The Kier molecular flexibility index (Phi) is 7.32. The predicted molar refractivity (Wildman–Crippen MR) is 126 cm³/mol. The fourth-order valence-corrected chi connectivity index (χ4v) is 4.85. The molecule has 0 unspecified atom stereocenters. The monoisotopic (exact) mass is 448 g/mol. The number of hydrogen-bond acceptors (Lipinski definition) is 5. The van der Waals surface area contributed by atoms with Crippen LogP contribution in [0.5, 0.6) is 5.75 Å². The van der Waals surface area contributed by atoms with Crippen molar-refractivity contribution in [2.45, 2.75) is 63.0 Å². The number of carboxylic acids is 1. The molecule has 0 aromatic heterocycles. The second kappa shape index (κ2) is 10.4. The SMILES string of the molecule is N#Cc1ccc(-c2ccc(C(=O)O)cc2)cc1OC[C@@H](O)CNC1(CC2CCCCC2)CC1. The summed E-state index contributed by atoms with van der Waals surface area (Å²) >= 11 is 0. The number of benzene rings is 2. The number of carbonyl (C=O) groups is 1. The molecule has 2 aromatic rings. The molecule has 6 nitrogen and oxygen atoms in total. The summed E-state index contributed by atoms with van der Waals surface area (Å²) in [5.74, 6) is 0.257. The van der Waals surface area contributed by atoms with Gasteiger partial charge in [0.2, 0.25) is 0 Å². The first-order valence-corrected chi connectivity index (χ1v) is 11.9. The smallest absolute Gasteiger partial charge is 0.335 e. The van der Waals surface area contributed by atoms with E-state index in [1.807, 2.05) is 0 Å². The van der Waals surface area contributed by atoms with Gasteiger partial charge in [0.25, 0.3) is 0 Å². The summed E-state index contributed by atoms with van der Waals surface area (Å²) < 4.78 is 5.84. The van der Waals surface area contributed by atoms with Crippen LogP contribution in [0.25, 0.3) is 11.1 Å². The molecule has 0 bridgehead atoms. The van der Waals surface area contributed by atoms with Crippen molar-refractivity contribution in [1.29, 1.82) is 5.26 Å². The number of aliphatic hydroxyl groups excluding tert-OH is 1. The lowest BCUT2D eigenvalue weighted by molar-refractivity contribution is 0.0697. The van der Waals surface area contributed by atoms with Gasteiger partial charge in [-0.3, -0.25) is 0 Å². The summed E-state index contributed by atoms with van der Waals surface area (Å²) in [5, 5.41) is 32.6. The fourth-order valence-electron chi connectivity index (χ4n) is 4.85. The van der Waals surface area contributed by atoms with Gasteiger partial charge in [0.15, 0.2) is 0 Å². The Morgan fingerprint density at radius 2 is 1.82 bits per heavy atom. The summed E-state index contributed by atoms with van der Waals surface area (Å²) in [6.07, 6.45) is 9.63. The van der Waals surface area contributed by atoms with Crippen molar-refractivity contribution in [2.75, 3.05) is 13.2 Å². The van der Waals surface area contributed by atoms with Crippen LogP contribution in [0.4, 0.5) is 0 Å². The molecule has 0 heterocycles. The number of hydrogen-bond donors (Lipinski definition) is 3. The zero-order chi connectivity index (χ0) is 23.3. The van der Waals surface area contributed by atoms with E-state index in [2.05, 4.69) is 11.4 Å². The van der Waals surface area contributed by atoms with Crippen LogP contribution in [-0.2, 0) is 0 Å². The molecular weight excluding hydrogens is 416 g/mol. The van der Waals surface area contributed by atoms with Gasteiger partial charge in [-0.05, 0) is 60.6 Å². The third kappa shape index (κ3) is 6.13. The average molecular weight is 449 g/mol. The van der Waals surface area contributed by atoms with Crippen LogP contribution in [0.1, 0.15) is 67.3 Å². The van der Waals surface area contributed by atoms with Crippen LogP contribution >= 0.6 is 0 Å². The lowest BCUT2D eigenvalue weighted by atomic mass is 9.84. The van der Waals surface area contributed by atoms with Gasteiger partial charge >= 0.3 is 5.97 Å². The molecule has 0 saturated heterocycles. The summed E-state index contributed by atoms with van der Waals surface area (Å²) in [5.41, 5.74) is 2.46. The maximum atomic E-state index is 11.1. The summed E-state index contributed by atoms with van der Waals surface area (Å²) in [7, 11) is 0. The maximum absolute atomic E-state index is 11.1. The molecule has 4 rings (SSSR count). The molecule has 2 saturated carbocycles. The van der Waals surface area contributed by atoms with Gasteiger partial charge in [0.1, 0.15) is 24.5 Å². The second-order valence-electron chi connectivity index (χ2n) is 9.54. The molecule has 3 N–H and O–H groups in total. The number of aromatic carboxylic acids is 1. The van der Waals surface area contributed by atoms with E-state index in [1.54, 1.807) is 42.5 Å². The molecule has 0 radical (unpaired) electrons. The van der Waals surface area contributed by atoms with E-state index < -0.39 is 12.1 Å². The Labute approximate surface area is 195 Å². The molecule has 2 aliphatic rings. The predicted octanol–water partition coefficient (Wildman–Crippen LogP) is 4.76. The van der Waals surface area contributed by atoms with Gasteiger partial charge in [0, 0.05) is 12.1 Å². The molecule has 0 spiro atoms. The van der Waals surface area contributed by atoms with Gasteiger partial charge in [0.05, 0.1) is 11.1 Å². The van der Waals surface area contributed by atoms with E-state index in [-0.39, 0.29) is 17.7 Å². The Bertz CT molecular complexity index is 1000. The Hall–Kier alpha value is -2.88. The van der Waals surface area contributed by atoms with Crippen LogP contribution in [-0.4, -0.2) is 41.0 Å². The van der Waals surface area contributed by atoms with E-state index >= 15 is 0 Å². The van der Waals surface area contributed by atoms with Gasteiger partial charge in [-0.1, -0.05) is 50.3 Å². The van der Waals surface area contributed by atoms with E-state index in [0.29, 0.717) is 17.9 Å². The highest BCUT2D eigenvalue weighted by atomic mass is 16.5. The zero-order valence-electron chi connectivity index (χ0n) is 18.9. The van der Waals surface area contributed by atoms with Crippen molar-refractivity contribution in [3.63, 3.8) is 0 Å². The number of nitrogens with one attached hydrogen (secondary N) is 1. The molecular formula is C27H32N2O4. The third-order valence-corrected chi connectivity index (χ3v) is 6.97. The van der Waals surface area contributed by atoms with Gasteiger partial charge in [-0.2, -0.15) is 5.26 Å². The normalized spacial score (nSPS) is 18.3. The fraction of sp³-hybridized carbons (Fsp3) is 0.481. The molecule has 33 heavy (non-hydrogen) atoms.